The van der Waals surface area contributed by atoms with Crippen LogP contribution >= 0.6 is 11.3 Å². The first kappa shape index (κ1) is 17.0. The van der Waals surface area contributed by atoms with E-state index < -0.39 is 15.2 Å². The molecule has 0 aliphatic carbocycles. The normalized spacial score (nSPS) is 10.7. The molecule has 0 aliphatic heterocycles. The largest absolute Gasteiger partial charge is 1.00 e. The molecule has 0 unspecified atom stereocenters. The fourth-order valence-electron chi connectivity index (χ4n) is 1.34. The molecule has 0 radical (unpaired) electrons. The van der Waals surface area contributed by atoms with Crippen molar-refractivity contribution in [1.29, 1.82) is 0 Å². The Bertz CT molecular complexity index is 731. The summed E-state index contributed by atoms with van der Waals surface area (Å²) in [6.07, 6.45) is 0. The Balaban J connectivity index is 0.00000200. The molecule has 0 atom stereocenters. The predicted molar refractivity (Wildman–Crippen MR) is 67.5 cm³/mol. The summed E-state index contributed by atoms with van der Waals surface area (Å²) in [6, 6.07) is 5.73. The topological polar surface area (TPSA) is 125 Å². The summed E-state index contributed by atoms with van der Waals surface area (Å²) in [4.78, 5) is 14.0. The van der Waals surface area contributed by atoms with Crippen LogP contribution in [-0.4, -0.2) is 22.9 Å². The van der Waals surface area contributed by atoms with Gasteiger partial charge in [0.05, 0.1) is 10.6 Å². The molecule has 0 bridgehead atoms. The number of thiazole rings is 1. The minimum absolute atomic E-state index is 0. The quantitative estimate of drug-likeness (QED) is 0.319. The van der Waals surface area contributed by atoms with Gasteiger partial charge < -0.3 is 4.55 Å². The molecule has 0 saturated carbocycles. The zero-order chi connectivity index (χ0) is 14.0. The van der Waals surface area contributed by atoms with Crippen molar-refractivity contribution in [3.63, 3.8) is 0 Å². The molecule has 1 aromatic carbocycles. The number of aromatic nitrogens is 1. The van der Waals surface area contributed by atoms with Gasteiger partial charge in [0.15, 0.2) is 15.4 Å². The van der Waals surface area contributed by atoms with Crippen LogP contribution in [0.4, 0.5) is 10.8 Å². The molecular weight excluding hydrogens is 317 g/mol. The second-order valence-electron chi connectivity index (χ2n) is 3.40. The molecule has 11 heteroatoms. The van der Waals surface area contributed by atoms with Gasteiger partial charge in [-0.15, -0.1) is 11.3 Å². The van der Waals surface area contributed by atoms with Gasteiger partial charge >= 0.3 is 29.6 Å². The molecule has 20 heavy (non-hydrogen) atoms. The first-order valence-electron chi connectivity index (χ1n) is 4.79. The smallest absolute Gasteiger partial charge is 0.731 e. The number of hydrogen-bond acceptors (Lipinski definition) is 7. The third-order valence-corrected chi connectivity index (χ3v) is 3.40. The standard InChI is InChI=1S/C9H7N3O5S2.Na/c13-12(14)7-3-1-2-6(4-7)8-5-18-9(10-8)11-19(15,16)17;/h1-5H,(H,10,11)(H,15,16,17);/q;+1/p-1. The van der Waals surface area contributed by atoms with Crippen LogP contribution in [0.5, 0.6) is 0 Å². The fourth-order valence-corrected chi connectivity index (χ4v) is 2.66. The van der Waals surface area contributed by atoms with E-state index in [2.05, 4.69) is 4.98 Å². The van der Waals surface area contributed by atoms with Crippen LogP contribution in [0.3, 0.4) is 0 Å². The minimum atomic E-state index is -4.63. The monoisotopic (exact) mass is 323 g/mol. The van der Waals surface area contributed by atoms with E-state index in [1.807, 2.05) is 0 Å². The summed E-state index contributed by atoms with van der Waals surface area (Å²) in [5.41, 5.74) is 0.707. The number of nitro groups is 1. The van der Waals surface area contributed by atoms with Crippen LogP contribution < -0.4 is 34.3 Å². The summed E-state index contributed by atoms with van der Waals surface area (Å²) in [7, 11) is -4.63. The summed E-state index contributed by atoms with van der Waals surface area (Å²) in [5.74, 6) is 0. The molecule has 0 spiro atoms. The van der Waals surface area contributed by atoms with Crippen molar-refractivity contribution >= 4 is 32.5 Å². The molecule has 2 aromatic rings. The zero-order valence-electron chi connectivity index (χ0n) is 10.1. The molecular formula is C9H6N3NaO5S2. The third kappa shape index (κ3) is 4.51. The van der Waals surface area contributed by atoms with Crippen molar-refractivity contribution < 1.29 is 47.5 Å². The van der Waals surface area contributed by atoms with Crippen molar-refractivity contribution in [2.45, 2.75) is 0 Å². The number of anilines is 1. The fraction of sp³-hybridized carbons (Fsp3) is 0. The number of hydrogen-bond donors (Lipinski definition) is 1. The van der Waals surface area contributed by atoms with Crippen molar-refractivity contribution in [3.8, 4) is 11.3 Å². The number of nitro benzene ring substituents is 1. The van der Waals surface area contributed by atoms with E-state index in [1.165, 1.54) is 23.6 Å². The number of rotatable bonds is 4. The maximum absolute atomic E-state index is 10.6. The average Bonchev–Trinajstić information content (AvgIpc) is 2.75. The van der Waals surface area contributed by atoms with Gasteiger partial charge in [0.2, 0.25) is 0 Å². The molecule has 0 aliphatic rings. The Morgan fingerprint density at radius 3 is 2.65 bits per heavy atom. The Morgan fingerprint density at radius 1 is 1.35 bits per heavy atom. The molecule has 0 amide bonds. The van der Waals surface area contributed by atoms with Crippen molar-refractivity contribution in [3.05, 3.63) is 39.8 Å². The number of nitrogens with one attached hydrogen (secondary N) is 1. The van der Waals surface area contributed by atoms with E-state index in [-0.39, 0.29) is 40.4 Å². The number of benzene rings is 1. The summed E-state index contributed by atoms with van der Waals surface area (Å²) in [5, 5.41) is 12.0. The number of nitrogens with zero attached hydrogens (tertiary/aromatic N) is 2. The molecule has 1 heterocycles. The maximum atomic E-state index is 10.6. The Morgan fingerprint density at radius 2 is 2.05 bits per heavy atom. The van der Waals surface area contributed by atoms with Gasteiger partial charge in [0, 0.05) is 23.1 Å². The van der Waals surface area contributed by atoms with Gasteiger partial charge in [0.1, 0.15) is 0 Å². The van der Waals surface area contributed by atoms with E-state index in [1.54, 1.807) is 10.8 Å². The second kappa shape index (κ2) is 6.61. The third-order valence-electron chi connectivity index (χ3n) is 2.07. The first-order valence-corrected chi connectivity index (χ1v) is 7.08. The van der Waals surface area contributed by atoms with E-state index in [9.17, 15) is 23.1 Å². The van der Waals surface area contributed by atoms with E-state index in [0.717, 1.165) is 11.3 Å². The average molecular weight is 323 g/mol. The van der Waals surface area contributed by atoms with Gasteiger partial charge in [0.25, 0.3) is 5.69 Å². The van der Waals surface area contributed by atoms with Crippen LogP contribution in [0, 0.1) is 10.1 Å². The summed E-state index contributed by atoms with van der Waals surface area (Å²) < 4.78 is 33.2. The predicted octanol–water partition coefficient (Wildman–Crippen LogP) is -1.41. The van der Waals surface area contributed by atoms with Gasteiger partial charge in [-0.3, -0.25) is 14.8 Å². The first-order chi connectivity index (χ1) is 8.85. The van der Waals surface area contributed by atoms with Gasteiger partial charge in [-0.2, -0.15) is 0 Å². The Hall–Kier alpha value is -1.04. The van der Waals surface area contributed by atoms with Crippen LogP contribution in [0.25, 0.3) is 11.3 Å². The molecule has 8 nitrogen and oxygen atoms in total. The Labute approximate surface area is 140 Å². The van der Waals surface area contributed by atoms with Gasteiger partial charge in [-0.25, -0.2) is 13.4 Å². The molecule has 0 fully saturated rings. The number of non-ortho nitro benzene ring substituents is 1. The SMILES string of the molecule is O=[N+]([O-])c1cccc(-c2csc(NS(=O)(=O)[O-])n2)c1.[Na+]. The molecule has 1 N–H and O–H groups in total. The molecule has 2 rings (SSSR count). The summed E-state index contributed by atoms with van der Waals surface area (Å²) in [6.45, 7) is 0. The second-order valence-corrected chi connectivity index (χ2v) is 5.37. The minimum Gasteiger partial charge on any atom is -0.731 e. The summed E-state index contributed by atoms with van der Waals surface area (Å²) >= 11 is 0.914. The van der Waals surface area contributed by atoms with Gasteiger partial charge in [-0.1, -0.05) is 12.1 Å². The molecule has 1 aromatic heterocycles. The van der Waals surface area contributed by atoms with Crippen molar-refractivity contribution in [2.24, 2.45) is 0 Å². The van der Waals surface area contributed by atoms with Gasteiger partial charge in [-0.05, 0) is 0 Å². The van der Waals surface area contributed by atoms with Crippen LogP contribution in [0.15, 0.2) is 29.6 Å². The van der Waals surface area contributed by atoms with E-state index >= 15 is 0 Å². The van der Waals surface area contributed by atoms with Crippen LogP contribution in [0.2, 0.25) is 0 Å². The van der Waals surface area contributed by atoms with E-state index in [0.29, 0.717) is 11.3 Å². The van der Waals surface area contributed by atoms with Crippen molar-refractivity contribution in [2.75, 3.05) is 4.72 Å². The molecule has 0 saturated heterocycles. The zero-order valence-corrected chi connectivity index (χ0v) is 13.8. The Kier molecular flexibility index (Phi) is 5.62. The van der Waals surface area contributed by atoms with E-state index in [4.69, 9.17) is 0 Å². The van der Waals surface area contributed by atoms with Crippen LogP contribution in [0.1, 0.15) is 0 Å². The van der Waals surface area contributed by atoms with Crippen molar-refractivity contribution in [1.82, 2.24) is 4.98 Å². The van der Waals surface area contributed by atoms with Crippen LogP contribution in [-0.2, 0) is 10.3 Å². The maximum Gasteiger partial charge on any atom is 1.00 e. The molecule has 100 valence electrons.